The van der Waals surface area contributed by atoms with Crippen LogP contribution in [0, 0.1) is 11.6 Å². The molecule has 0 radical (unpaired) electrons. The number of aliphatic carboxylic acids is 1. The number of rotatable bonds is 13. The molecule has 0 spiro atoms. The van der Waals surface area contributed by atoms with Crippen molar-refractivity contribution in [1.29, 1.82) is 0 Å². The van der Waals surface area contributed by atoms with E-state index in [-0.39, 0.29) is 53.0 Å². The normalized spacial score (nSPS) is 13.8. The van der Waals surface area contributed by atoms with Gasteiger partial charge in [0.25, 0.3) is 0 Å². The number of carbonyl (C=O) groups is 3. The van der Waals surface area contributed by atoms with Crippen LogP contribution in [0.25, 0.3) is 22.6 Å². The monoisotopic (exact) mass is 704 g/mol. The second kappa shape index (κ2) is 14.8. The summed E-state index contributed by atoms with van der Waals surface area (Å²) < 4.78 is 86.8. The third-order valence-electron chi connectivity index (χ3n) is 7.35. The summed E-state index contributed by atoms with van der Waals surface area (Å²) in [5.74, 6) is -5.64. The van der Waals surface area contributed by atoms with Gasteiger partial charge in [0.05, 0.1) is 42.6 Å². The zero-order valence-corrected chi connectivity index (χ0v) is 26.4. The van der Waals surface area contributed by atoms with E-state index in [2.05, 4.69) is 25.5 Å². The average molecular weight is 705 g/mol. The first kappa shape index (κ1) is 35.5. The molecular weight excluding hydrogens is 675 g/mol. The van der Waals surface area contributed by atoms with Gasteiger partial charge in [0.15, 0.2) is 17.4 Å². The highest BCUT2D eigenvalue weighted by Gasteiger charge is 2.38. The third-order valence-corrected chi connectivity index (χ3v) is 7.35. The second-order valence-electron chi connectivity index (χ2n) is 11.0. The van der Waals surface area contributed by atoms with Crippen LogP contribution in [0.4, 0.5) is 22.0 Å². The molecule has 50 heavy (non-hydrogen) atoms. The molecule has 0 saturated carbocycles. The van der Waals surface area contributed by atoms with Gasteiger partial charge in [0, 0.05) is 11.6 Å². The summed E-state index contributed by atoms with van der Waals surface area (Å²) in [6.45, 7) is 2.50. The van der Waals surface area contributed by atoms with Crippen LogP contribution < -0.4 is 10.1 Å². The lowest BCUT2D eigenvalue weighted by molar-refractivity contribution is -0.152. The van der Waals surface area contributed by atoms with Gasteiger partial charge in [-0.15, -0.1) is 0 Å². The number of hydrogen-bond acceptors (Lipinski definition) is 10. The number of nitrogens with zero attached hydrogens (tertiary/aromatic N) is 4. The standard InChI is InChI=1S/C32H29F5N6O7/c1-3-10-48-17-7-8-18(20(12-17)32(35,36)37)22-13-25(50-42-22)28(31(47)49-11-9-26(44)39-16(2)30(45)46)43-15-24-23(14-38-43)40-29(41-24)19-5-4-6-21(33)27(19)34/h4-8,12-14,16,28H,3,9-11,15H2,1-2H3,(H,39,44)(H,40,41)(H,45,46)/t16-,28?/m0/s1. The van der Waals surface area contributed by atoms with Gasteiger partial charge in [-0.2, -0.15) is 18.3 Å². The number of H-pyrrole nitrogens is 1. The van der Waals surface area contributed by atoms with Crippen molar-refractivity contribution in [1.82, 2.24) is 25.5 Å². The Balaban J connectivity index is 1.44. The summed E-state index contributed by atoms with van der Waals surface area (Å²) in [5.41, 5.74) is -1.34. The molecule has 2 atom stereocenters. The lowest BCUT2D eigenvalue weighted by Gasteiger charge is -2.27. The smallest absolute Gasteiger partial charge is 0.417 e. The summed E-state index contributed by atoms with van der Waals surface area (Å²) in [4.78, 5) is 43.8. The molecule has 0 fully saturated rings. The van der Waals surface area contributed by atoms with E-state index in [0.29, 0.717) is 12.1 Å². The van der Waals surface area contributed by atoms with Crippen LogP contribution >= 0.6 is 0 Å². The zero-order valence-electron chi connectivity index (χ0n) is 26.4. The van der Waals surface area contributed by atoms with Gasteiger partial charge in [0.1, 0.15) is 35.6 Å². The van der Waals surface area contributed by atoms with E-state index in [9.17, 15) is 36.3 Å². The zero-order chi connectivity index (χ0) is 36.2. The Morgan fingerprint density at radius 1 is 1.12 bits per heavy atom. The fraction of sp³-hybridized carbons (Fsp3) is 0.312. The third kappa shape index (κ3) is 7.90. The maximum Gasteiger partial charge on any atom is 0.417 e. The largest absolute Gasteiger partial charge is 0.494 e. The van der Waals surface area contributed by atoms with E-state index in [4.69, 9.17) is 19.1 Å². The number of halogens is 5. The first-order valence-corrected chi connectivity index (χ1v) is 15.1. The highest BCUT2D eigenvalue weighted by molar-refractivity contribution is 5.84. The molecule has 3 heterocycles. The molecule has 0 bridgehead atoms. The predicted octanol–water partition coefficient (Wildman–Crippen LogP) is 5.23. The Bertz CT molecular complexity index is 1920. The predicted molar refractivity (Wildman–Crippen MR) is 163 cm³/mol. The number of esters is 1. The van der Waals surface area contributed by atoms with Crippen molar-refractivity contribution in [3.63, 3.8) is 0 Å². The van der Waals surface area contributed by atoms with E-state index >= 15 is 0 Å². The number of imidazole rings is 1. The van der Waals surface area contributed by atoms with Crippen LogP contribution in [-0.2, 0) is 31.8 Å². The summed E-state index contributed by atoms with van der Waals surface area (Å²) in [5, 5.41) is 20.4. The molecule has 1 aliphatic rings. The number of carboxylic acids is 1. The summed E-state index contributed by atoms with van der Waals surface area (Å²) >= 11 is 0. The summed E-state index contributed by atoms with van der Waals surface area (Å²) in [7, 11) is 0. The summed E-state index contributed by atoms with van der Waals surface area (Å²) in [6, 6.07) is 5.18. The molecule has 3 N–H and O–H groups in total. The fourth-order valence-electron chi connectivity index (χ4n) is 4.87. The first-order chi connectivity index (χ1) is 23.8. The van der Waals surface area contributed by atoms with Crippen LogP contribution in [0.15, 0.2) is 52.1 Å². The van der Waals surface area contributed by atoms with Crippen molar-refractivity contribution in [2.75, 3.05) is 13.2 Å². The number of hydrazone groups is 1. The van der Waals surface area contributed by atoms with Crippen LogP contribution in [0.1, 0.15) is 55.4 Å². The molecule has 13 nitrogen and oxygen atoms in total. The molecule has 1 aliphatic heterocycles. The number of carbonyl (C=O) groups excluding carboxylic acids is 2. The van der Waals surface area contributed by atoms with Gasteiger partial charge in [-0.25, -0.2) is 18.6 Å². The number of amides is 1. The number of hydrogen-bond donors (Lipinski definition) is 3. The van der Waals surface area contributed by atoms with E-state index in [1.165, 1.54) is 31.3 Å². The minimum atomic E-state index is -4.82. The molecule has 0 saturated heterocycles. The molecule has 5 rings (SSSR count). The minimum absolute atomic E-state index is 0.00890. The number of benzene rings is 2. The summed E-state index contributed by atoms with van der Waals surface area (Å²) in [6.07, 6.45) is -3.45. The number of ether oxygens (including phenoxy) is 2. The molecular formula is C32H29F5N6O7. The SMILES string of the molecule is CCCOc1ccc(-c2cc(C(C(=O)OCCC(=O)N[C@@H](C)C(=O)O)N3Cc4[nH]c(-c5cccc(F)c5F)nc4C=N3)on2)c(C(F)(F)F)c1. The number of aromatic amines is 1. The Morgan fingerprint density at radius 2 is 1.90 bits per heavy atom. The van der Waals surface area contributed by atoms with E-state index < -0.39 is 66.3 Å². The highest BCUT2D eigenvalue weighted by atomic mass is 19.4. The van der Waals surface area contributed by atoms with Crippen molar-refractivity contribution in [3.8, 4) is 28.4 Å². The molecule has 2 aromatic carbocycles. The van der Waals surface area contributed by atoms with E-state index in [1.807, 2.05) is 0 Å². The van der Waals surface area contributed by atoms with Crippen molar-refractivity contribution >= 4 is 24.1 Å². The van der Waals surface area contributed by atoms with E-state index in [1.54, 1.807) is 6.92 Å². The van der Waals surface area contributed by atoms with Crippen LogP contribution in [0.3, 0.4) is 0 Å². The van der Waals surface area contributed by atoms with Gasteiger partial charge in [-0.05, 0) is 43.7 Å². The Morgan fingerprint density at radius 3 is 2.62 bits per heavy atom. The number of aromatic nitrogens is 3. The number of fused-ring (bicyclic) bond motifs is 1. The Labute approximate surface area is 280 Å². The average Bonchev–Trinajstić information content (AvgIpc) is 3.72. The van der Waals surface area contributed by atoms with E-state index in [0.717, 1.165) is 29.3 Å². The Kier molecular flexibility index (Phi) is 10.5. The second-order valence-corrected chi connectivity index (χ2v) is 11.0. The Hall–Kier alpha value is -5.81. The van der Waals surface area contributed by atoms with Gasteiger partial charge in [-0.1, -0.05) is 18.1 Å². The molecule has 0 aliphatic carbocycles. The lowest BCUT2D eigenvalue weighted by Crippen LogP contribution is -2.39. The van der Waals surface area contributed by atoms with Gasteiger partial charge < -0.3 is 29.4 Å². The van der Waals surface area contributed by atoms with Gasteiger partial charge in [-0.3, -0.25) is 14.6 Å². The van der Waals surface area contributed by atoms with Crippen LogP contribution in [0.2, 0.25) is 0 Å². The number of carboxylic acid groups (broad SMARTS) is 1. The van der Waals surface area contributed by atoms with Crippen molar-refractivity contribution < 1.29 is 55.4 Å². The van der Waals surface area contributed by atoms with Gasteiger partial charge >= 0.3 is 18.1 Å². The molecule has 18 heteroatoms. The van der Waals surface area contributed by atoms with Crippen molar-refractivity contribution in [2.24, 2.45) is 5.10 Å². The molecule has 264 valence electrons. The van der Waals surface area contributed by atoms with Crippen LogP contribution in [0.5, 0.6) is 5.75 Å². The molecule has 1 unspecified atom stereocenters. The topological polar surface area (TPSA) is 172 Å². The molecule has 1 amide bonds. The van der Waals surface area contributed by atoms with Gasteiger partial charge in [0.2, 0.25) is 11.9 Å². The first-order valence-electron chi connectivity index (χ1n) is 15.1. The maximum absolute atomic E-state index is 14.5. The number of nitrogens with one attached hydrogen (secondary N) is 2. The highest BCUT2D eigenvalue weighted by Crippen LogP contribution is 2.40. The number of alkyl halides is 3. The fourth-order valence-corrected chi connectivity index (χ4v) is 4.87. The molecule has 4 aromatic rings. The van der Waals surface area contributed by atoms with Crippen molar-refractivity contribution in [2.45, 2.75) is 51.5 Å². The maximum atomic E-state index is 14.5. The molecule has 2 aromatic heterocycles. The van der Waals surface area contributed by atoms with Crippen molar-refractivity contribution in [3.05, 3.63) is 76.8 Å². The minimum Gasteiger partial charge on any atom is -0.494 e. The van der Waals surface area contributed by atoms with Crippen LogP contribution in [-0.4, -0.2) is 68.6 Å². The lowest BCUT2D eigenvalue weighted by atomic mass is 10.0. The quantitative estimate of drug-likeness (QED) is 0.124.